The molecular formula is C18H20ClN3O3S. The van der Waals surface area contributed by atoms with Gasteiger partial charge in [0.05, 0.1) is 5.75 Å². The van der Waals surface area contributed by atoms with Gasteiger partial charge in [-0.15, -0.1) is 10.2 Å². The minimum absolute atomic E-state index is 0.0321. The van der Waals surface area contributed by atoms with Crippen molar-refractivity contribution in [2.24, 2.45) is 11.8 Å². The van der Waals surface area contributed by atoms with Gasteiger partial charge in [-0.2, -0.15) is 0 Å². The van der Waals surface area contributed by atoms with Gasteiger partial charge in [0, 0.05) is 11.1 Å². The number of amides is 1. The molecule has 2 aromatic rings. The summed E-state index contributed by atoms with van der Waals surface area (Å²) >= 11 is 7.08. The van der Waals surface area contributed by atoms with Crippen molar-refractivity contribution < 1.29 is 13.9 Å². The molecule has 26 heavy (non-hydrogen) atoms. The number of benzene rings is 1. The van der Waals surface area contributed by atoms with E-state index in [1.54, 1.807) is 24.3 Å². The van der Waals surface area contributed by atoms with E-state index in [1.165, 1.54) is 31.0 Å². The Morgan fingerprint density at radius 2 is 2.12 bits per heavy atom. The fraction of sp³-hybridized carbons (Fsp3) is 0.500. The van der Waals surface area contributed by atoms with Crippen LogP contribution in [0, 0.1) is 11.8 Å². The first-order valence-corrected chi connectivity index (χ1v) is 10.1. The number of nitrogens with one attached hydrogen (secondary N) is 1. The molecule has 2 saturated carbocycles. The molecule has 1 aromatic heterocycles. The topological polar surface area (TPSA) is 77.2 Å². The van der Waals surface area contributed by atoms with Crippen LogP contribution in [-0.4, -0.2) is 27.9 Å². The fourth-order valence-corrected chi connectivity index (χ4v) is 4.55. The van der Waals surface area contributed by atoms with E-state index in [4.69, 9.17) is 20.8 Å². The van der Waals surface area contributed by atoms with E-state index in [1.807, 2.05) is 0 Å². The van der Waals surface area contributed by atoms with Crippen LogP contribution in [0.25, 0.3) is 0 Å². The summed E-state index contributed by atoms with van der Waals surface area (Å²) in [5.41, 5.74) is 0. The summed E-state index contributed by atoms with van der Waals surface area (Å²) in [5.74, 6) is 2.85. The van der Waals surface area contributed by atoms with Crippen molar-refractivity contribution in [3.8, 4) is 5.75 Å². The first-order chi connectivity index (χ1) is 12.7. The highest BCUT2D eigenvalue weighted by Gasteiger charge is 2.40. The Morgan fingerprint density at radius 3 is 2.85 bits per heavy atom. The van der Waals surface area contributed by atoms with Crippen molar-refractivity contribution in [1.82, 2.24) is 15.5 Å². The molecule has 0 radical (unpaired) electrons. The number of ether oxygens (including phenoxy) is 1. The maximum atomic E-state index is 12.1. The van der Waals surface area contributed by atoms with Crippen molar-refractivity contribution >= 4 is 29.3 Å². The van der Waals surface area contributed by atoms with Gasteiger partial charge in [-0.3, -0.25) is 4.79 Å². The van der Waals surface area contributed by atoms with Crippen LogP contribution in [0.2, 0.25) is 5.02 Å². The van der Waals surface area contributed by atoms with E-state index in [0.717, 1.165) is 12.3 Å². The molecule has 2 aliphatic rings. The highest BCUT2D eigenvalue weighted by atomic mass is 35.5. The maximum Gasteiger partial charge on any atom is 0.277 e. The van der Waals surface area contributed by atoms with Crippen LogP contribution in [0.3, 0.4) is 0 Å². The second-order valence-corrected chi connectivity index (χ2v) is 8.20. The third-order valence-corrected chi connectivity index (χ3v) is 6.11. The lowest BCUT2D eigenvalue weighted by Gasteiger charge is -2.22. The molecule has 0 spiro atoms. The number of aromatic nitrogens is 2. The zero-order valence-electron chi connectivity index (χ0n) is 14.2. The predicted octanol–water partition coefficient (Wildman–Crippen LogP) is 3.70. The maximum absolute atomic E-state index is 12.1. The summed E-state index contributed by atoms with van der Waals surface area (Å²) in [6, 6.07) is 7.40. The summed E-state index contributed by atoms with van der Waals surface area (Å²) in [7, 11) is 0. The van der Waals surface area contributed by atoms with E-state index in [2.05, 4.69) is 15.5 Å². The number of thioether (sulfide) groups is 1. The first kappa shape index (κ1) is 17.7. The molecular weight excluding hydrogens is 374 g/mol. The number of carbonyl (C=O) groups is 1. The summed E-state index contributed by atoms with van der Waals surface area (Å²) in [4.78, 5) is 12.1. The molecule has 1 N–H and O–H groups in total. The lowest BCUT2D eigenvalue weighted by atomic mass is 9.95. The Bertz CT molecular complexity index is 767. The van der Waals surface area contributed by atoms with Crippen LogP contribution < -0.4 is 10.1 Å². The molecule has 0 saturated heterocycles. The van der Waals surface area contributed by atoms with Crippen LogP contribution in [0.15, 0.2) is 33.9 Å². The van der Waals surface area contributed by atoms with Crippen LogP contribution in [0.5, 0.6) is 5.75 Å². The van der Waals surface area contributed by atoms with Gasteiger partial charge >= 0.3 is 0 Å². The second kappa shape index (κ2) is 7.88. The molecule has 0 unspecified atom stereocenters. The average molecular weight is 394 g/mol. The largest absolute Gasteiger partial charge is 0.484 e. The molecule has 2 fully saturated rings. The third-order valence-electron chi connectivity index (χ3n) is 5.04. The Labute approximate surface area is 161 Å². The zero-order valence-corrected chi connectivity index (χ0v) is 15.8. The summed E-state index contributed by atoms with van der Waals surface area (Å²) in [5, 5.41) is 12.1. The van der Waals surface area contributed by atoms with Gasteiger partial charge in [-0.1, -0.05) is 29.8 Å². The van der Waals surface area contributed by atoms with E-state index < -0.39 is 0 Å². The monoisotopic (exact) mass is 393 g/mol. The molecule has 2 bridgehead atoms. The number of hydrogen-bond donors (Lipinski definition) is 1. The molecule has 8 heteroatoms. The molecule has 1 aromatic carbocycles. The summed E-state index contributed by atoms with van der Waals surface area (Å²) < 4.78 is 11.1. The molecule has 1 heterocycles. The van der Waals surface area contributed by atoms with Gasteiger partial charge in [-0.25, -0.2) is 0 Å². The van der Waals surface area contributed by atoms with Crippen LogP contribution in [-0.2, 0) is 11.4 Å². The zero-order chi connectivity index (χ0) is 17.9. The Balaban J connectivity index is 1.20. The van der Waals surface area contributed by atoms with Crippen molar-refractivity contribution in [2.75, 3.05) is 5.75 Å². The number of rotatable bonds is 7. The molecule has 6 nitrogen and oxygen atoms in total. The van der Waals surface area contributed by atoms with Crippen molar-refractivity contribution in [3.63, 3.8) is 0 Å². The van der Waals surface area contributed by atoms with E-state index >= 15 is 0 Å². The lowest BCUT2D eigenvalue weighted by Crippen LogP contribution is -2.39. The van der Waals surface area contributed by atoms with Crippen LogP contribution in [0.4, 0.5) is 0 Å². The molecule has 0 aliphatic heterocycles. The quantitative estimate of drug-likeness (QED) is 0.723. The minimum Gasteiger partial charge on any atom is -0.484 e. The standard InChI is InChI=1S/C18H20ClN3O3S/c19-13-3-5-14(6-4-13)24-9-17-21-22-18(25-17)26-10-16(23)20-15-8-11-1-2-12(15)7-11/h3-6,11-12,15H,1-2,7-10H2,(H,20,23)/t11-,12+,15-/m0/s1. The van der Waals surface area contributed by atoms with E-state index in [9.17, 15) is 4.79 Å². The SMILES string of the molecule is O=C(CSc1nnc(COc2ccc(Cl)cc2)o1)N[C@H]1C[C@H]2CC[C@@H]1C2. The number of nitrogens with zero attached hydrogens (tertiary/aromatic N) is 2. The van der Waals surface area contributed by atoms with Gasteiger partial charge in [0.2, 0.25) is 5.91 Å². The highest BCUT2D eigenvalue weighted by Crippen LogP contribution is 2.44. The van der Waals surface area contributed by atoms with Crippen LogP contribution >= 0.6 is 23.4 Å². The summed E-state index contributed by atoms with van der Waals surface area (Å²) in [6.07, 6.45) is 4.99. The van der Waals surface area contributed by atoms with Gasteiger partial charge < -0.3 is 14.5 Å². The molecule has 4 rings (SSSR count). The highest BCUT2D eigenvalue weighted by molar-refractivity contribution is 7.99. The third kappa shape index (κ3) is 4.32. The van der Waals surface area contributed by atoms with Gasteiger partial charge in [0.25, 0.3) is 11.1 Å². The van der Waals surface area contributed by atoms with Crippen molar-refractivity contribution in [3.05, 3.63) is 35.2 Å². The van der Waals surface area contributed by atoms with Crippen molar-refractivity contribution in [1.29, 1.82) is 0 Å². The predicted molar refractivity (Wildman–Crippen MR) is 98.2 cm³/mol. The Hall–Kier alpha value is -1.73. The second-order valence-electron chi connectivity index (χ2n) is 6.84. The smallest absolute Gasteiger partial charge is 0.277 e. The summed E-state index contributed by atoms with van der Waals surface area (Å²) in [6.45, 7) is 0.173. The Kier molecular flexibility index (Phi) is 5.36. The average Bonchev–Trinajstić information content (AvgIpc) is 3.36. The van der Waals surface area contributed by atoms with Crippen molar-refractivity contribution in [2.45, 2.75) is 43.6 Å². The van der Waals surface area contributed by atoms with Gasteiger partial charge in [0.15, 0.2) is 6.61 Å². The fourth-order valence-electron chi connectivity index (χ4n) is 3.83. The minimum atomic E-state index is 0.0321. The number of halogens is 1. The molecule has 138 valence electrons. The number of fused-ring (bicyclic) bond motifs is 2. The van der Waals surface area contributed by atoms with Gasteiger partial charge in [0.1, 0.15) is 5.75 Å². The first-order valence-electron chi connectivity index (χ1n) is 8.78. The lowest BCUT2D eigenvalue weighted by molar-refractivity contribution is -0.119. The molecule has 2 aliphatic carbocycles. The Morgan fingerprint density at radius 1 is 1.27 bits per heavy atom. The van der Waals surface area contributed by atoms with E-state index in [-0.39, 0.29) is 18.3 Å². The molecule has 1 amide bonds. The van der Waals surface area contributed by atoms with Gasteiger partial charge in [-0.05, 0) is 55.4 Å². The van der Waals surface area contributed by atoms with Crippen LogP contribution in [0.1, 0.15) is 31.6 Å². The number of hydrogen-bond acceptors (Lipinski definition) is 6. The van der Waals surface area contributed by atoms with E-state index in [0.29, 0.717) is 33.8 Å². The normalized spacial score (nSPS) is 24.0. The molecule has 3 atom stereocenters. The number of carbonyl (C=O) groups excluding carboxylic acids is 1.